The first-order chi connectivity index (χ1) is 6.93. The molecule has 3 nitrogen and oxygen atoms in total. The smallest absolute Gasteiger partial charge is 0.136 e. The fraction of sp³-hybridized carbons (Fsp3) is 0.500. The second-order valence-electron chi connectivity index (χ2n) is 4.12. The zero-order valence-corrected chi connectivity index (χ0v) is 10.7. The van der Waals surface area contributed by atoms with E-state index in [4.69, 9.17) is 5.26 Å². The number of hydrogen-bond acceptors (Lipinski definition) is 4. The van der Waals surface area contributed by atoms with Crippen LogP contribution in [0, 0.1) is 11.3 Å². The predicted octanol–water partition coefficient (Wildman–Crippen LogP) is 2.17. The summed E-state index contributed by atoms with van der Waals surface area (Å²) < 4.78 is 14.3. The van der Waals surface area contributed by atoms with Crippen LogP contribution in [0.1, 0.15) is 31.2 Å². The lowest BCUT2D eigenvalue weighted by molar-refractivity contribution is 0.544. The summed E-state index contributed by atoms with van der Waals surface area (Å²) in [6.07, 6.45) is 0. The van der Waals surface area contributed by atoms with Crippen LogP contribution in [0.2, 0.25) is 0 Å². The van der Waals surface area contributed by atoms with Gasteiger partial charge in [-0.2, -0.15) is 5.26 Å². The van der Waals surface area contributed by atoms with Crippen molar-refractivity contribution < 1.29 is 4.55 Å². The molecule has 1 aromatic heterocycles. The summed E-state index contributed by atoms with van der Waals surface area (Å²) in [7, 11) is 0. The summed E-state index contributed by atoms with van der Waals surface area (Å²) in [4.78, 5) is 1.03. The van der Waals surface area contributed by atoms with Crippen LogP contribution < -0.4 is 4.72 Å². The van der Waals surface area contributed by atoms with Gasteiger partial charge < -0.3 is 4.55 Å². The maximum absolute atomic E-state index is 11.7. The molecule has 0 saturated carbocycles. The fourth-order valence-electron chi connectivity index (χ4n) is 0.885. The van der Waals surface area contributed by atoms with Crippen molar-refractivity contribution in [2.45, 2.75) is 32.1 Å². The highest BCUT2D eigenvalue weighted by Crippen LogP contribution is 2.17. The van der Waals surface area contributed by atoms with Crippen LogP contribution in [0.5, 0.6) is 0 Å². The molecular formula is C10H14N2OS2. The van der Waals surface area contributed by atoms with Crippen molar-refractivity contribution in [1.82, 2.24) is 4.72 Å². The molecule has 0 saturated heterocycles. The molecule has 15 heavy (non-hydrogen) atoms. The molecule has 0 aliphatic carbocycles. The predicted molar refractivity (Wildman–Crippen MR) is 63.8 cm³/mol. The molecule has 1 rings (SSSR count). The lowest BCUT2D eigenvalue weighted by Crippen LogP contribution is -2.38. The van der Waals surface area contributed by atoms with Crippen LogP contribution in [0.3, 0.4) is 0 Å². The minimum absolute atomic E-state index is 0.255. The third kappa shape index (κ3) is 3.84. The molecule has 0 aliphatic rings. The molecule has 0 aliphatic heterocycles. The minimum atomic E-state index is -1.06. The number of nitrogens with zero attached hydrogens (tertiary/aromatic N) is 1. The molecule has 0 radical (unpaired) electrons. The van der Waals surface area contributed by atoms with Crippen LogP contribution >= 0.6 is 11.3 Å². The highest BCUT2D eigenvalue weighted by atomic mass is 32.2. The standard InChI is InChI=1S/C10H14N2OS2/c1-10(2,3)15(13)12-6-9-4-8(5-11)7-14-9/h4,7,12H,6H2,1-3H3. The van der Waals surface area contributed by atoms with Gasteiger partial charge in [0.15, 0.2) is 0 Å². The van der Waals surface area contributed by atoms with Crippen LogP contribution in [-0.4, -0.2) is 9.30 Å². The van der Waals surface area contributed by atoms with E-state index in [1.807, 2.05) is 26.8 Å². The van der Waals surface area contributed by atoms with Gasteiger partial charge in [-0.15, -0.1) is 16.1 Å². The van der Waals surface area contributed by atoms with Gasteiger partial charge in [-0.25, -0.2) is 0 Å². The van der Waals surface area contributed by atoms with E-state index < -0.39 is 11.4 Å². The normalized spacial score (nSPS) is 13.5. The van der Waals surface area contributed by atoms with E-state index >= 15 is 0 Å². The van der Waals surface area contributed by atoms with Crippen LogP contribution in [-0.2, 0) is 17.9 Å². The molecule has 1 N–H and O–H groups in total. The second kappa shape index (κ2) is 4.99. The Morgan fingerprint density at radius 3 is 2.73 bits per heavy atom. The van der Waals surface area contributed by atoms with Gasteiger partial charge in [0.05, 0.1) is 12.1 Å². The molecular weight excluding hydrogens is 228 g/mol. The Hall–Kier alpha value is -0.540. The summed E-state index contributed by atoms with van der Waals surface area (Å²) in [5.41, 5.74) is 0.665. The van der Waals surface area contributed by atoms with Crippen molar-refractivity contribution in [2.75, 3.05) is 0 Å². The molecule has 0 bridgehead atoms. The van der Waals surface area contributed by atoms with E-state index in [-0.39, 0.29) is 4.75 Å². The van der Waals surface area contributed by atoms with Gasteiger partial charge in [0.2, 0.25) is 0 Å². The molecule has 82 valence electrons. The molecule has 1 aromatic rings. The Kier molecular flexibility index (Phi) is 4.17. The van der Waals surface area contributed by atoms with Crippen molar-refractivity contribution >= 4 is 22.7 Å². The van der Waals surface area contributed by atoms with E-state index in [1.165, 1.54) is 11.3 Å². The van der Waals surface area contributed by atoms with Crippen molar-refractivity contribution in [3.63, 3.8) is 0 Å². The maximum Gasteiger partial charge on any atom is 0.136 e. The molecule has 0 aromatic carbocycles. The third-order valence-electron chi connectivity index (χ3n) is 1.72. The van der Waals surface area contributed by atoms with Crippen molar-refractivity contribution in [2.24, 2.45) is 0 Å². The SMILES string of the molecule is CC(C)(C)[S+]([O-])NCc1cc(C#N)cs1. The van der Waals surface area contributed by atoms with Crippen molar-refractivity contribution in [3.8, 4) is 6.07 Å². The Balaban J connectivity index is 2.48. The maximum atomic E-state index is 11.7. The van der Waals surface area contributed by atoms with Crippen LogP contribution in [0.4, 0.5) is 0 Å². The fourth-order valence-corrected chi connectivity index (χ4v) is 2.45. The number of rotatable bonds is 3. The van der Waals surface area contributed by atoms with Gasteiger partial charge in [-0.1, -0.05) is 0 Å². The molecule has 1 atom stereocenters. The van der Waals surface area contributed by atoms with Gasteiger partial charge in [-0.3, -0.25) is 0 Å². The van der Waals surface area contributed by atoms with Crippen molar-refractivity contribution in [1.29, 1.82) is 5.26 Å². The van der Waals surface area contributed by atoms with E-state index in [0.717, 1.165) is 4.88 Å². The van der Waals surface area contributed by atoms with Gasteiger partial charge in [0.25, 0.3) is 0 Å². The minimum Gasteiger partial charge on any atom is -0.598 e. The quantitative estimate of drug-likeness (QED) is 0.826. The monoisotopic (exact) mass is 242 g/mol. The largest absolute Gasteiger partial charge is 0.598 e. The second-order valence-corrected chi connectivity index (χ2v) is 7.16. The van der Waals surface area contributed by atoms with E-state index in [1.54, 1.807) is 5.38 Å². The number of nitriles is 1. The molecule has 0 fully saturated rings. The number of nitrogens with one attached hydrogen (secondary N) is 1. The summed E-state index contributed by atoms with van der Waals surface area (Å²) >= 11 is 0.451. The Morgan fingerprint density at radius 1 is 1.60 bits per heavy atom. The topological polar surface area (TPSA) is 58.9 Å². The number of thiophene rings is 1. The molecule has 0 amide bonds. The molecule has 5 heteroatoms. The third-order valence-corrected chi connectivity index (χ3v) is 4.17. The summed E-state index contributed by atoms with van der Waals surface area (Å²) in [6.45, 7) is 6.32. The van der Waals surface area contributed by atoms with Crippen LogP contribution in [0.25, 0.3) is 0 Å². The van der Waals surface area contributed by atoms with Gasteiger partial charge in [0.1, 0.15) is 10.8 Å². The zero-order valence-electron chi connectivity index (χ0n) is 9.03. The first-order valence-corrected chi connectivity index (χ1v) is 6.59. The highest BCUT2D eigenvalue weighted by Gasteiger charge is 2.25. The Labute approximate surface area is 97.4 Å². The Bertz CT molecular complexity index is 362. The summed E-state index contributed by atoms with van der Waals surface area (Å²) in [5, 5.41) is 10.4. The Morgan fingerprint density at radius 2 is 2.27 bits per heavy atom. The average Bonchev–Trinajstić information content (AvgIpc) is 2.60. The summed E-state index contributed by atoms with van der Waals surface area (Å²) in [5.74, 6) is 0. The lowest BCUT2D eigenvalue weighted by Gasteiger charge is -2.23. The number of hydrogen-bond donors (Lipinski definition) is 1. The van der Waals surface area contributed by atoms with Gasteiger partial charge in [0, 0.05) is 21.6 Å². The van der Waals surface area contributed by atoms with Gasteiger partial charge in [-0.05, 0) is 26.8 Å². The molecule has 0 spiro atoms. The van der Waals surface area contributed by atoms with Gasteiger partial charge >= 0.3 is 0 Å². The zero-order chi connectivity index (χ0) is 11.5. The van der Waals surface area contributed by atoms with E-state index in [0.29, 0.717) is 12.1 Å². The van der Waals surface area contributed by atoms with Crippen LogP contribution in [0.15, 0.2) is 11.4 Å². The first-order valence-electron chi connectivity index (χ1n) is 4.56. The lowest BCUT2D eigenvalue weighted by atomic mass is 10.3. The van der Waals surface area contributed by atoms with E-state index in [2.05, 4.69) is 10.8 Å². The highest BCUT2D eigenvalue weighted by molar-refractivity contribution is 7.90. The first kappa shape index (κ1) is 12.5. The molecule has 1 heterocycles. The van der Waals surface area contributed by atoms with E-state index in [9.17, 15) is 4.55 Å². The van der Waals surface area contributed by atoms with Crippen molar-refractivity contribution in [3.05, 3.63) is 21.9 Å². The summed E-state index contributed by atoms with van der Waals surface area (Å²) in [6, 6.07) is 3.89. The average molecular weight is 242 g/mol. The molecule has 1 unspecified atom stereocenters.